The van der Waals surface area contributed by atoms with Crippen molar-refractivity contribution < 1.29 is 4.79 Å². The number of anilines is 1. The van der Waals surface area contributed by atoms with Crippen LogP contribution >= 0.6 is 0 Å². The predicted octanol–water partition coefficient (Wildman–Crippen LogP) is 2.37. The number of carbonyl (C=O) groups excluding carboxylic acids is 1. The van der Waals surface area contributed by atoms with Gasteiger partial charge in [0.25, 0.3) is 5.91 Å². The lowest BCUT2D eigenvalue weighted by atomic mass is 10.0. The van der Waals surface area contributed by atoms with Crippen molar-refractivity contribution in [3.63, 3.8) is 0 Å². The molecule has 0 radical (unpaired) electrons. The first-order chi connectivity index (χ1) is 12.6. The van der Waals surface area contributed by atoms with E-state index in [-0.39, 0.29) is 11.9 Å². The van der Waals surface area contributed by atoms with Gasteiger partial charge < -0.3 is 9.80 Å². The highest BCUT2D eigenvalue weighted by Crippen LogP contribution is 2.25. The van der Waals surface area contributed by atoms with Crippen LogP contribution < -0.4 is 4.90 Å². The predicted molar refractivity (Wildman–Crippen MR) is 100 cm³/mol. The van der Waals surface area contributed by atoms with Crippen LogP contribution in [0.1, 0.15) is 29.2 Å². The molecule has 4 rings (SSSR count). The van der Waals surface area contributed by atoms with Crippen LogP contribution in [-0.4, -0.2) is 58.0 Å². The Morgan fingerprint density at radius 3 is 2.73 bits per heavy atom. The molecule has 1 amide bonds. The van der Waals surface area contributed by atoms with Crippen molar-refractivity contribution in [3.05, 3.63) is 48.2 Å². The SMILES string of the molecule is CN(C)c1cccc(C(=O)N2CCC(n3nnc4cccnc43)CC2)c1. The molecule has 1 aliphatic heterocycles. The molecular formula is C19H22N6O. The Labute approximate surface area is 152 Å². The molecule has 0 unspecified atom stereocenters. The van der Waals surface area contributed by atoms with Crippen LogP contribution in [0.15, 0.2) is 42.6 Å². The summed E-state index contributed by atoms with van der Waals surface area (Å²) >= 11 is 0. The molecule has 1 fully saturated rings. The number of carbonyl (C=O) groups is 1. The highest BCUT2D eigenvalue weighted by Gasteiger charge is 2.26. The van der Waals surface area contributed by atoms with E-state index in [2.05, 4.69) is 15.3 Å². The lowest BCUT2D eigenvalue weighted by molar-refractivity contribution is 0.0691. The van der Waals surface area contributed by atoms with Crippen molar-refractivity contribution in [3.8, 4) is 0 Å². The van der Waals surface area contributed by atoms with E-state index in [1.807, 2.05) is 65.0 Å². The van der Waals surface area contributed by atoms with Crippen molar-refractivity contribution in [1.82, 2.24) is 24.9 Å². The largest absolute Gasteiger partial charge is 0.378 e. The molecule has 2 aromatic heterocycles. The maximum atomic E-state index is 12.8. The molecule has 7 nitrogen and oxygen atoms in total. The third-order valence-corrected chi connectivity index (χ3v) is 4.94. The zero-order valence-electron chi connectivity index (χ0n) is 15.0. The van der Waals surface area contributed by atoms with Gasteiger partial charge in [-0.05, 0) is 43.2 Å². The number of likely N-dealkylation sites (tertiary alicyclic amines) is 1. The first kappa shape index (κ1) is 16.5. The maximum Gasteiger partial charge on any atom is 0.253 e. The lowest BCUT2D eigenvalue weighted by Gasteiger charge is -2.32. The van der Waals surface area contributed by atoms with E-state index >= 15 is 0 Å². The minimum absolute atomic E-state index is 0.0914. The fourth-order valence-electron chi connectivity index (χ4n) is 3.44. The van der Waals surface area contributed by atoms with E-state index in [4.69, 9.17) is 0 Å². The number of amides is 1. The topological polar surface area (TPSA) is 67.2 Å². The van der Waals surface area contributed by atoms with Gasteiger partial charge in [0.1, 0.15) is 5.52 Å². The molecule has 26 heavy (non-hydrogen) atoms. The number of rotatable bonds is 3. The molecule has 1 saturated heterocycles. The second kappa shape index (κ2) is 6.74. The van der Waals surface area contributed by atoms with E-state index in [1.54, 1.807) is 6.20 Å². The van der Waals surface area contributed by atoms with E-state index in [0.29, 0.717) is 13.1 Å². The highest BCUT2D eigenvalue weighted by molar-refractivity contribution is 5.95. The van der Waals surface area contributed by atoms with E-state index < -0.39 is 0 Å². The second-order valence-electron chi connectivity index (χ2n) is 6.85. The summed E-state index contributed by atoms with van der Waals surface area (Å²) in [5, 5.41) is 8.46. The van der Waals surface area contributed by atoms with Gasteiger partial charge in [-0.1, -0.05) is 11.3 Å². The molecule has 0 atom stereocenters. The zero-order chi connectivity index (χ0) is 18.1. The average molecular weight is 350 g/mol. The average Bonchev–Trinajstić information content (AvgIpc) is 3.12. The smallest absolute Gasteiger partial charge is 0.253 e. The fourth-order valence-corrected chi connectivity index (χ4v) is 3.44. The minimum Gasteiger partial charge on any atom is -0.378 e. The molecule has 1 aromatic carbocycles. The molecule has 7 heteroatoms. The first-order valence-corrected chi connectivity index (χ1v) is 8.86. The molecule has 0 N–H and O–H groups in total. The standard InChI is InChI=1S/C19H22N6O/c1-23(2)16-6-3-5-14(13-16)19(26)24-11-8-15(9-12-24)25-18-17(21-22-25)7-4-10-20-18/h3-7,10,13,15H,8-9,11-12H2,1-2H3. The van der Waals surface area contributed by atoms with Gasteiger partial charge in [-0.15, -0.1) is 5.10 Å². The Balaban J connectivity index is 1.46. The molecule has 0 spiro atoms. The third-order valence-electron chi connectivity index (χ3n) is 4.94. The van der Waals surface area contributed by atoms with Crippen LogP contribution in [0.5, 0.6) is 0 Å². The summed E-state index contributed by atoms with van der Waals surface area (Å²) in [7, 11) is 3.96. The summed E-state index contributed by atoms with van der Waals surface area (Å²) in [4.78, 5) is 21.2. The minimum atomic E-state index is 0.0914. The summed E-state index contributed by atoms with van der Waals surface area (Å²) < 4.78 is 1.91. The number of nitrogens with zero attached hydrogens (tertiary/aromatic N) is 6. The number of aromatic nitrogens is 4. The van der Waals surface area contributed by atoms with Crippen molar-refractivity contribution in [2.24, 2.45) is 0 Å². The normalized spacial score (nSPS) is 15.4. The van der Waals surface area contributed by atoms with Gasteiger partial charge >= 0.3 is 0 Å². The summed E-state index contributed by atoms with van der Waals surface area (Å²) in [5.41, 5.74) is 3.40. The number of benzene rings is 1. The Morgan fingerprint density at radius 2 is 1.96 bits per heavy atom. The molecule has 1 aliphatic rings. The van der Waals surface area contributed by atoms with Gasteiger partial charge in [0.15, 0.2) is 5.65 Å². The molecule has 3 heterocycles. The zero-order valence-corrected chi connectivity index (χ0v) is 15.0. The quantitative estimate of drug-likeness (QED) is 0.725. The van der Waals surface area contributed by atoms with Crippen LogP contribution in [0.25, 0.3) is 11.2 Å². The highest BCUT2D eigenvalue weighted by atomic mass is 16.2. The van der Waals surface area contributed by atoms with Gasteiger partial charge in [0.05, 0.1) is 6.04 Å². The van der Waals surface area contributed by atoms with Crippen LogP contribution in [0, 0.1) is 0 Å². The van der Waals surface area contributed by atoms with Gasteiger partial charge in [-0.3, -0.25) is 4.79 Å². The van der Waals surface area contributed by atoms with Gasteiger partial charge in [0.2, 0.25) is 0 Å². The number of pyridine rings is 1. The molecular weight excluding hydrogens is 328 g/mol. The molecule has 0 saturated carbocycles. The lowest BCUT2D eigenvalue weighted by Crippen LogP contribution is -2.39. The van der Waals surface area contributed by atoms with Crippen molar-refractivity contribution >= 4 is 22.8 Å². The monoisotopic (exact) mass is 350 g/mol. The summed E-state index contributed by atoms with van der Waals surface area (Å²) in [6, 6.07) is 11.8. The van der Waals surface area contributed by atoms with E-state index in [0.717, 1.165) is 35.3 Å². The number of hydrogen-bond donors (Lipinski definition) is 0. The summed E-state index contributed by atoms with van der Waals surface area (Å²) in [6.07, 6.45) is 3.47. The first-order valence-electron chi connectivity index (χ1n) is 8.86. The second-order valence-corrected chi connectivity index (χ2v) is 6.85. The fraction of sp³-hybridized carbons (Fsp3) is 0.368. The van der Waals surface area contributed by atoms with Gasteiger partial charge in [-0.2, -0.15) is 0 Å². The van der Waals surface area contributed by atoms with Crippen LogP contribution in [0.3, 0.4) is 0 Å². The summed E-state index contributed by atoms with van der Waals surface area (Å²) in [6.45, 7) is 1.42. The van der Waals surface area contributed by atoms with Crippen molar-refractivity contribution in [1.29, 1.82) is 0 Å². The molecule has 134 valence electrons. The Kier molecular flexibility index (Phi) is 4.28. The van der Waals surface area contributed by atoms with Gasteiger partial charge in [0, 0.05) is 44.6 Å². The Hall–Kier alpha value is -2.96. The Morgan fingerprint density at radius 1 is 1.15 bits per heavy atom. The number of fused-ring (bicyclic) bond motifs is 1. The molecule has 0 aliphatic carbocycles. The van der Waals surface area contributed by atoms with Crippen LogP contribution in [-0.2, 0) is 0 Å². The molecule has 0 bridgehead atoms. The van der Waals surface area contributed by atoms with E-state index in [1.165, 1.54) is 0 Å². The number of hydrogen-bond acceptors (Lipinski definition) is 5. The van der Waals surface area contributed by atoms with Crippen molar-refractivity contribution in [2.75, 3.05) is 32.1 Å². The number of piperidine rings is 1. The summed E-state index contributed by atoms with van der Waals surface area (Å²) in [5.74, 6) is 0.0914. The van der Waals surface area contributed by atoms with E-state index in [9.17, 15) is 4.79 Å². The van der Waals surface area contributed by atoms with Crippen molar-refractivity contribution in [2.45, 2.75) is 18.9 Å². The molecule has 3 aromatic rings. The van der Waals surface area contributed by atoms with Crippen LogP contribution in [0.2, 0.25) is 0 Å². The maximum absolute atomic E-state index is 12.8. The van der Waals surface area contributed by atoms with Gasteiger partial charge in [-0.25, -0.2) is 9.67 Å². The van der Waals surface area contributed by atoms with Crippen LogP contribution in [0.4, 0.5) is 5.69 Å². The Bertz CT molecular complexity index is 926. The third kappa shape index (κ3) is 3.00.